The van der Waals surface area contributed by atoms with Crippen molar-refractivity contribution in [1.82, 2.24) is 19.5 Å². The quantitative estimate of drug-likeness (QED) is 0.534. The summed E-state index contributed by atoms with van der Waals surface area (Å²) >= 11 is 3.58. The van der Waals surface area contributed by atoms with Crippen molar-refractivity contribution in [2.24, 2.45) is 5.92 Å². The summed E-state index contributed by atoms with van der Waals surface area (Å²) < 4.78 is 26.6. The van der Waals surface area contributed by atoms with Crippen LogP contribution in [-0.4, -0.2) is 53.8 Å². The molecule has 1 amide bonds. The molecule has 2 saturated heterocycles. The SMILES string of the molecule is Cc1cn2nc([C@@H]3CCCCN3C(=O)c3cc(Cl)ccc3NS(=O)[O-])cc2nc1N1CC(C)C1. The Labute approximate surface area is 205 Å². The van der Waals surface area contributed by atoms with Gasteiger partial charge in [0.2, 0.25) is 0 Å². The van der Waals surface area contributed by atoms with Gasteiger partial charge in [0.1, 0.15) is 5.82 Å². The van der Waals surface area contributed by atoms with E-state index < -0.39 is 11.3 Å². The Morgan fingerprint density at radius 1 is 1.26 bits per heavy atom. The second kappa shape index (κ2) is 9.16. The number of piperidine rings is 1. The lowest BCUT2D eigenvalue weighted by Gasteiger charge is -2.38. The molecule has 0 bridgehead atoms. The third kappa shape index (κ3) is 4.37. The molecule has 1 aromatic carbocycles. The number of likely N-dealkylation sites (tertiary alicyclic amines) is 1. The van der Waals surface area contributed by atoms with E-state index in [1.165, 1.54) is 12.1 Å². The van der Waals surface area contributed by atoms with Crippen molar-refractivity contribution >= 4 is 45.9 Å². The van der Waals surface area contributed by atoms with Crippen molar-refractivity contribution in [1.29, 1.82) is 0 Å². The Bertz CT molecular complexity index is 1280. The van der Waals surface area contributed by atoms with Gasteiger partial charge in [-0.15, -0.1) is 0 Å². The maximum absolute atomic E-state index is 13.6. The molecule has 180 valence electrons. The molecule has 0 aliphatic carbocycles. The molecular formula is C23H26ClN6O3S-. The molecule has 9 nitrogen and oxygen atoms in total. The number of amides is 1. The Morgan fingerprint density at radius 3 is 2.79 bits per heavy atom. The van der Waals surface area contributed by atoms with E-state index in [1.807, 2.05) is 19.2 Å². The van der Waals surface area contributed by atoms with Crippen LogP contribution in [0.2, 0.25) is 5.02 Å². The average molecular weight is 502 g/mol. The van der Waals surface area contributed by atoms with Gasteiger partial charge in [0.15, 0.2) is 5.65 Å². The van der Waals surface area contributed by atoms with Gasteiger partial charge in [0.05, 0.1) is 23.0 Å². The number of benzene rings is 1. The monoisotopic (exact) mass is 501 g/mol. The van der Waals surface area contributed by atoms with E-state index in [-0.39, 0.29) is 23.2 Å². The largest absolute Gasteiger partial charge is 0.755 e. The molecule has 2 fully saturated rings. The molecule has 4 heterocycles. The summed E-state index contributed by atoms with van der Waals surface area (Å²) in [6, 6.07) is 6.26. The van der Waals surface area contributed by atoms with Crippen LogP contribution in [0.3, 0.4) is 0 Å². The normalized spacial score (nSPS) is 19.8. The maximum Gasteiger partial charge on any atom is 0.256 e. The standard InChI is InChI=1S/C23H27ClN6O3S/c1-14-11-28(12-14)22-15(2)13-30-21(25-22)10-19(26-30)20-5-3-4-8-29(20)23(31)17-9-16(24)6-7-18(17)27-34(32)33/h6-7,9-10,13-14,20,27H,3-5,8,11-12H2,1-2H3,(H,32,33)/p-1/t20-/m0/s1. The number of carbonyl (C=O) groups is 1. The summed E-state index contributed by atoms with van der Waals surface area (Å²) in [5, 5.41) is 5.13. The number of halogens is 1. The van der Waals surface area contributed by atoms with Gasteiger partial charge in [-0.2, -0.15) is 5.10 Å². The van der Waals surface area contributed by atoms with Crippen molar-refractivity contribution in [2.45, 2.75) is 39.2 Å². The van der Waals surface area contributed by atoms with Crippen molar-refractivity contribution in [3.8, 4) is 0 Å². The van der Waals surface area contributed by atoms with Crippen LogP contribution in [0.15, 0.2) is 30.5 Å². The van der Waals surface area contributed by atoms with Crippen molar-refractivity contribution < 1.29 is 13.6 Å². The molecule has 1 unspecified atom stereocenters. The van der Waals surface area contributed by atoms with Crippen LogP contribution in [-0.2, 0) is 11.3 Å². The van der Waals surface area contributed by atoms with Gasteiger partial charge in [-0.25, -0.2) is 9.50 Å². The van der Waals surface area contributed by atoms with E-state index in [1.54, 1.807) is 15.5 Å². The summed E-state index contributed by atoms with van der Waals surface area (Å²) in [6.45, 7) is 6.81. The lowest BCUT2D eigenvalue weighted by atomic mass is 9.98. The molecular weight excluding hydrogens is 476 g/mol. The van der Waals surface area contributed by atoms with Crippen LogP contribution in [0.1, 0.15) is 53.8 Å². The first kappa shape index (κ1) is 23.1. The smallest absolute Gasteiger partial charge is 0.256 e. The van der Waals surface area contributed by atoms with E-state index in [0.29, 0.717) is 17.5 Å². The van der Waals surface area contributed by atoms with Gasteiger partial charge in [-0.3, -0.25) is 9.00 Å². The van der Waals surface area contributed by atoms with E-state index >= 15 is 0 Å². The predicted molar refractivity (Wildman–Crippen MR) is 131 cm³/mol. The minimum Gasteiger partial charge on any atom is -0.755 e. The molecule has 5 rings (SSSR count). The van der Waals surface area contributed by atoms with E-state index in [0.717, 1.165) is 55.1 Å². The summed E-state index contributed by atoms with van der Waals surface area (Å²) in [4.78, 5) is 22.5. The molecule has 2 aliphatic rings. The summed E-state index contributed by atoms with van der Waals surface area (Å²) in [7, 11) is 0. The number of aryl methyl sites for hydroxylation is 1. The number of rotatable bonds is 5. The predicted octanol–water partition coefficient (Wildman–Crippen LogP) is 3.72. The van der Waals surface area contributed by atoms with Crippen LogP contribution in [0.5, 0.6) is 0 Å². The lowest BCUT2D eigenvalue weighted by Crippen LogP contribution is -2.46. The Balaban J connectivity index is 1.48. The zero-order chi connectivity index (χ0) is 24.0. The number of nitrogens with zero attached hydrogens (tertiary/aromatic N) is 5. The fourth-order valence-electron chi connectivity index (χ4n) is 4.88. The van der Waals surface area contributed by atoms with Crippen LogP contribution >= 0.6 is 11.6 Å². The molecule has 0 radical (unpaired) electrons. The average Bonchev–Trinajstić information content (AvgIpc) is 3.19. The first-order valence-corrected chi connectivity index (χ1v) is 12.8. The van der Waals surface area contributed by atoms with E-state index in [9.17, 15) is 13.6 Å². The second-order valence-electron chi connectivity index (χ2n) is 9.17. The van der Waals surface area contributed by atoms with Gasteiger partial charge < -0.3 is 19.1 Å². The van der Waals surface area contributed by atoms with Gasteiger partial charge in [-0.05, 0) is 50.3 Å². The van der Waals surface area contributed by atoms with Gasteiger partial charge >= 0.3 is 0 Å². The van der Waals surface area contributed by atoms with Crippen LogP contribution in [0, 0.1) is 12.8 Å². The molecule has 0 saturated carbocycles. The Hall–Kier alpha value is -2.69. The second-order valence-corrected chi connectivity index (χ2v) is 10.3. The lowest BCUT2D eigenvalue weighted by molar-refractivity contribution is 0.0607. The number of nitrogens with one attached hydrogen (secondary N) is 1. The summed E-state index contributed by atoms with van der Waals surface area (Å²) in [5.41, 5.74) is 3.01. The number of fused-ring (bicyclic) bond motifs is 1. The molecule has 11 heteroatoms. The molecule has 2 atom stereocenters. The number of carbonyl (C=O) groups excluding carboxylic acids is 1. The minimum absolute atomic E-state index is 0.202. The van der Waals surface area contributed by atoms with E-state index in [2.05, 4.69) is 16.5 Å². The maximum atomic E-state index is 13.6. The highest BCUT2D eigenvalue weighted by Crippen LogP contribution is 2.34. The number of anilines is 2. The Kier molecular flexibility index (Phi) is 6.22. The zero-order valence-electron chi connectivity index (χ0n) is 19.0. The first-order chi connectivity index (χ1) is 16.3. The van der Waals surface area contributed by atoms with E-state index in [4.69, 9.17) is 21.7 Å². The van der Waals surface area contributed by atoms with Gasteiger partial charge in [0, 0.05) is 53.8 Å². The fourth-order valence-corrected chi connectivity index (χ4v) is 5.41. The molecule has 1 N–H and O–H groups in total. The highest BCUT2D eigenvalue weighted by Gasteiger charge is 2.32. The molecule has 3 aromatic rings. The highest BCUT2D eigenvalue weighted by atomic mass is 35.5. The third-order valence-corrected chi connectivity index (χ3v) is 7.12. The molecule has 34 heavy (non-hydrogen) atoms. The number of aromatic nitrogens is 3. The van der Waals surface area contributed by atoms with Crippen molar-refractivity contribution in [3.05, 3.63) is 52.3 Å². The molecule has 2 aliphatic heterocycles. The molecule has 0 spiro atoms. The van der Waals surface area contributed by atoms with Crippen LogP contribution in [0.25, 0.3) is 5.65 Å². The highest BCUT2D eigenvalue weighted by molar-refractivity contribution is 7.80. The first-order valence-electron chi connectivity index (χ1n) is 11.4. The van der Waals surface area contributed by atoms with Crippen molar-refractivity contribution in [3.63, 3.8) is 0 Å². The van der Waals surface area contributed by atoms with Crippen LogP contribution < -0.4 is 9.62 Å². The fraction of sp³-hybridized carbons (Fsp3) is 0.435. The van der Waals surface area contributed by atoms with Gasteiger partial charge in [-0.1, -0.05) is 18.5 Å². The van der Waals surface area contributed by atoms with Crippen LogP contribution in [0.4, 0.5) is 11.5 Å². The zero-order valence-corrected chi connectivity index (χ0v) is 20.6. The number of hydrogen-bond donors (Lipinski definition) is 1. The third-order valence-electron chi connectivity index (χ3n) is 6.50. The number of hydrogen-bond acceptors (Lipinski definition) is 6. The summed E-state index contributed by atoms with van der Waals surface area (Å²) in [6.07, 6.45) is 4.58. The minimum atomic E-state index is -2.56. The summed E-state index contributed by atoms with van der Waals surface area (Å²) in [5.74, 6) is 1.37. The Morgan fingerprint density at radius 2 is 2.06 bits per heavy atom. The topological polar surface area (TPSA) is 106 Å². The van der Waals surface area contributed by atoms with Gasteiger partial charge in [0.25, 0.3) is 5.91 Å². The molecule has 2 aromatic heterocycles. The van der Waals surface area contributed by atoms with Crippen molar-refractivity contribution in [2.75, 3.05) is 29.3 Å².